The van der Waals surface area contributed by atoms with Gasteiger partial charge in [-0.1, -0.05) is 19.4 Å². The van der Waals surface area contributed by atoms with Crippen LogP contribution in [0.3, 0.4) is 0 Å². The summed E-state index contributed by atoms with van der Waals surface area (Å²) < 4.78 is 5.97. The van der Waals surface area contributed by atoms with Gasteiger partial charge in [0.1, 0.15) is 23.2 Å². The lowest BCUT2D eigenvalue weighted by Crippen LogP contribution is -2.03. The van der Waals surface area contributed by atoms with E-state index in [1.165, 1.54) is 5.56 Å². The first-order valence-corrected chi connectivity index (χ1v) is 9.42. The summed E-state index contributed by atoms with van der Waals surface area (Å²) in [5.74, 6) is 1.30. The molecule has 26 heavy (non-hydrogen) atoms. The standard InChI is InChI=1S/C22H22N2O2/c1-2-3-6-14-9-10-19-16(11-14)17(22(25)24-19)12-21-18(13-23)15-7-4-5-8-20(15)26-21/h9-12H,2-8H2,1H3,(H,24,25). The number of fused-ring (bicyclic) bond motifs is 2. The van der Waals surface area contributed by atoms with Crippen molar-refractivity contribution in [2.24, 2.45) is 0 Å². The van der Waals surface area contributed by atoms with Crippen molar-refractivity contribution in [3.8, 4) is 6.07 Å². The van der Waals surface area contributed by atoms with Gasteiger partial charge in [-0.15, -0.1) is 0 Å². The Kier molecular flexibility index (Phi) is 4.38. The SMILES string of the molecule is CCCCc1ccc2c(c1)C(=Cc1oc3c(c1C#N)CCCC3)C(=O)N2. The topological polar surface area (TPSA) is 66.0 Å². The summed E-state index contributed by atoms with van der Waals surface area (Å²) in [6, 6.07) is 8.42. The Morgan fingerprint density at radius 2 is 2.15 bits per heavy atom. The van der Waals surface area contributed by atoms with Gasteiger partial charge in [-0.25, -0.2) is 0 Å². The third kappa shape index (κ3) is 2.84. The van der Waals surface area contributed by atoms with Crippen LogP contribution in [0.1, 0.15) is 66.4 Å². The number of nitriles is 1. The zero-order valence-electron chi connectivity index (χ0n) is 15.0. The molecule has 0 radical (unpaired) electrons. The molecule has 4 rings (SSSR count). The fourth-order valence-corrected chi connectivity index (χ4v) is 3.86. The molecule has 1 aromatic heterocycles. The molecule has 4 heteroatoms. The smallest absolute Gasteiger partial charge is 0.256 e. The van der Waals surface area contributed by atoms with Crippen LogP contribution in [-0.2, 0) is 24.1 Å². The summed E-state index contributed by atoms with van der Waals surface area (Å²) in [6.45, 7) is 2.17. The Bertz CT molecular complexity index is 944. The summed E-state index contributed by atoms with van der Waals surface area (Å²) in [5.41, 5.74) is 5.17. The van der Waals surface area contributed by atoms with Crippen molar-refractivity contribution in [3.05, 3.63) is 52.0 Å². The van der Waals surface area contributed by atoms with Crippen LogP contribution in [0.25, 0.3) is 11.6 Å². The highest BCUT2D eigenvalue weighted by Crippen LogP contribution is 2.37. The van der Waals surface area contributed by atoms with E-state index in [4.69, 9.17) is 4.42 Å². The van der Waals surface area contributed by atoms with Crippen LogP contribution >= 0.6 is 0 Å². The maximum absolute atomic E-state index is 12.5. The molecule has 2 aliphatic rings. The number of hydrogen-bond acceptors (Lipinski definition) is 3. The van der Waals surface area contributed by atoms with E-state index in [2.05, 4.69) is 30.4 Å². The predicted octanol–water partition coefficient (Wildman–Crippen LogP) is 4.87. The second-order valence-corrected chi connectivity index (χ2v) is 7.06. The second-order valence-electron chi connectivity index (χ2n) is 7.06. The molecule has 0 bridgehead atoms. The molecule has 1 aliphatic carbocycles. The van der Waals surface area contributed by atoms with Crippen molar-refractivity contribution in [3.63, 3.8) is 0 Å². The van der Waals surface area contributed by atoms with Crippen LogP contribution in [-0.4, -0.2) is 5.91 Å². The van der Waals surface area contributed by atoms with Crippen LogP contribution in [0.4, 0.5) is 5.69 Å². The highest BCUT2D eigenvalue weighted by atomic mass is 16.3. The van der Waals surface area contributed by atoms with Gasteiger partial charge in [0.05, 0.1) is 5.57 Å². The molecule has 2 aromatic rings. The van der Waals surface area contributed by atoms with Crippen molar-refractivity contribution >= 4 is 23.2 Å². The van der Waals surface area contributed by atoms with Crippen molar-refractivity contribution in [2.75, 3.05) is 5.32 Å². The first-order valence-electron chi connectivity index (χ1n) is 9.42. The van der Waals surface area contributed by atoms with Gasteiger partial charge in [-0.3, -0.25) is 4.79 Å². The number of hydrogen-bond donors (Lipinski definition) is 1. The van der Waals surface area contributed by atoms with E-state index in [1.54, 1.807) is 6.08 Å². The number of rotatable bonds is 4. The van der Waals surface area contributed by atoms with Crippen molar-refractivity contribution in [1.82, 2.24) is 0 Å². The molecule has 0 atom stereocenters. The lowest BCUT2D eigenvalue weighted by Gasteiger charge is -2.07. The second kappa shape index (κ2) is 6.84. The highest BCUT2D eigenvalue weighted by Gasteiger charge is 2.27. The largest absolute Gasteiger partial charge is 0.460 e. The van der Waals surface area contributed by atoms with Gasteiger partial charge < -0.3 is 9.73 Å². The summed E-state index contributed by atoms with van der Waals surface area (Å²) >= 11 is 0. The van der Waals surface area contributed by atoms with Crippen LogP contribution in [0.15, 0.2) is 22.6 Å². The van der Waals surface area contributed by atoms with Crippen LogP contribution in [0.2, 0.25) is 0 Å². The zero-order chi connectivity index (χ0) is 18.1. The van der Waals surface area contributed by atoms with Gasteiger partial charge in [-0.05, 0) is 55.9 Å². The summed E-state index contributed by atoms with van der Waals surface area (Å²) in [7, 11) is 0. The van der Waals surface area contributed by atoms with Gasteiger partial charge in [0.15, 0.2) is 0 Å². The number of anilines is 1. The van der Waals surface area contributed by atoms with Crippen molar-refractivity contribution < 1.29 is 9.21 Å². The maximum atomic E-state index is 12.5. The summed E-state index contributed by atoms with van der Waals surface area (Å²) in [5, 5.41) is 12.5. The van der Waals surface area contributed by atoms with E-state index in [0.29, 0.717) is 16.9 Å². The number of unbranched alkanes of at least 4 members (excludes halogenated alkanes) is 1. The number of carbonyl (C=O) groups is 1. The minimum Gasteiger partial charge on any atom is -0.460 e. The fourth-order valence-electron chi connectivity index (χ4n) is 3.86. The predicted molar refractivity (Wildman–Crippen MR) is 102 cm³/mol. The molecular formula is C22H22N2O2. The minimum absolute atomic E-state index is 0.133. The van der Waals surface area contributed by atoms with E-state index in [-0.39, 0.29) is 5.91 Å². The Hall–Kier alpha value is -2.80. The highest BCUT2D eigenvalue weighted by molar-refractivity contribution is 6.34. The molecule has 0 saturated heterocycles. The van der Waals surface area contributed by atoms with E-state index in [0.717, 1.165) is 67.5 Å². The quantitative estimate of drug-likeness (QED) is 0.804. The number of amides is 1. The Morgan fingerprint density at radius 1 is 1.31 bits per heavy atom. The molecule has 0 spiro atoms. The fraction of sp³-hybridized carbons (Fsp3) is 0.364. The maximum Gasteiger partial charge on any atom is 0.256 e. The first-order chi connectivity index (χ1) is 12.7. The average molecular weight is 346 g/mol. The molecule has 1 amide bonds. The minimum atomic E-state index is -0.133. The molecule has 0 fully saturated rings. The van der Waals surface area contributed by atoms with Crippen LogP contribution < -0.4 is 5.32 Å². The third-order valence-corrected chi connectivity index (χ3v) is 5.27. The molecule has 1 aromatic carbocycles. The normalized spacial score (nSPS) is 16.9. The van der Waals surface area contributed by atoms with E-state index >= 15 is 0 Å². The van der Waals surface area contributed by atoms with Gasteiger partial charge in [0.25, 0.3) is 5.91 Å². The number of aryl methyl sites for hydroxylation is 2. The molecule has 0 unspecified atom stereocenters. The van der Waals surface area contributed by atoms with Crippen molar-refractivity contribution in [1.29, 1.82) is 5.26 Å². The molecule has 1 N–H and O–H groups in total. The van der Waals surface area contributed by atoms with Crippen LogP contribution in [0, 0.1) is 11.3 Å². The van der Waals surface area contributed by atoms with E-state index in [9.17, 15) is 10.1 Å². The Labute approximate surface area is 153 Å². The number of nitrogens with one attached hydrogen (secondary N) is 1. The number of nitrogens with zero attached hydrogens (tertiary/aromatic N) is 1. The number of benzene rings is 1. The van der Waals surface area contributed by atoms with E-state index in [1.807, 2.05) is 6.07 Å². The third-order valence-electron chi connectivity index (χ3n) is 5.27. The molecule has 1 aliphatic heterocycles. The molecular weight excluding hydrogens is 324 g/mol. The molecule has 4 nitrogen and oxygen atoms in total. The van der Waals surface area contributed by atoms with Gasteiger partial charge in [-0.2, -0.15) is 5.26 Å². The van der Waals surface area contributed by atoms with Gasteiger partial charge in [0, 0.05) is 23.2 Å². The van der Waals surface area contributed by atoms with Crippen LogP contribution in [0.5, 0.6) is 0 Å². The molecule has 2 heterocycles. The lowest BCUT2D eigenvalue weighted by molar-refractivity contribution is -0.110. The monoisotopic (exact) mass is 346 g/mol. The summed E-state index contributed by atoms with van der Waals surface area (Å²) in [6.07, 6.45) is 8.95. The number of furan rings is 1. The van der Waals surface area contributed by atoms with E-state index < -0.39 is 0 Å². The van der Waals surface area contributed by atoms with Crippen molar-refractivity contribution in [2.45, 2.75) is 51.9 Å². The van der Waals surface area contributed by atoms with Gasteiger partial charge >= 0.3 is 0 Å². The van der Waals surface area contributed by atoms with Gasteiger partial charge in [0.2, 0.25) is 0 Å². The zero-order valence-corrected chi connectivity index (χ0v) is 15.0. The first kappa shape index (κ1) is 16.7. The number of carbonyl (C=O) groups excluding carboxylic acids is 1. The summed E-state index contributed by atoms with van der Waals surface area (Å²) in [4.78, 5) is 12.5. The molecule has 0 saturated carbocycles. The average Bonchev–Trinajstić information content (AvgIpc) is 3.17. The lowest BCUT2D eigenvalue weighted by atomic mass is 9.94. The Balaban J connectivity index is 1.76. The molecule has 132 valence electrons. The Morgan fingerprint density at radius 3 is 2.96 bits per heavy atom.